The van der Waals surface area contributed by atoms with E-state index < -0.39 is 21.5 Å². The molecule has 4 aromatic heterocycles. The number of benzene rings is 2. The average molecular weight is 630 g/mol. The molecule has 0 aliphatic rings. The third kappa shape index (κ3) is 6.58. The molecule has 0 aliphatic carbocycles. The second-order valence-electron chi connectivity index (χ2n) is 10.9. The van der Waals surface area contributed by atoms with E-state index >= 15 is 4.39 Å². The maximum atomic E-state index is 15.3. The number of pyridine rings is 2. The Morgan fingerprint density at radius 1 is 1.02 bits per heavy atom. The molecule has 2 aromatic carbocycles. The van der Waals surface area contributed by atoms with Crippen molar-refractivity contribution in [3.05, 3.63) is 78.3 Å². The van der Waals surface area contributed by atoms with E-state index in [-0.39, 0.29) is 23.6 Å². The van der Waals surface area contributed by atoms with Crippen LogP contribution in [0.3, 0.4) is 0 Å². The zero-order valence-electron chi connectivity index (χ0n) is 24.5. The first-order valence-corrected chi connectivity index (χ1v) is 16.4. The highest BCUT2D eigenvalue weighted by Gasteiger charge is 2.19. The quantitative estimate of drug-likeness (QED) is 0.163. The van der Waals surface area contributed by atoms with Crippen LogP contribution in [-0.4, -0.2) is 56.5 Å². The number of carbonyl (C=O) groups is 1. The number of nitrogens with zero attached hydrogens (tertiary/aromatic N) is 4. The molecule has 4 heterocycles. The molecule has 0 bridgehead atoms. The third-order valence-corrected chi connectivity index (χ3v) is 8.33. The van der Waals surface area contributed by atoms with Crippen LogP contribution in [-0.2, 0) is 21.1 Å². The van der Waals surface area contributed by atoms with Crippen LogP contribution in [0.5, 0.6) is 0 Å². The molecule has 6 aromatic rings. The Hall–Kier alpha value is -5.04. The number of fused-ring (bicyclic) bond motifs is 2. The second kappa shape index (κ2) is 12.2. The van der Waals surface area contributed by atoms with Gasteiger partial charge in [0.05, 0.1) is 28.7 Å². The SMILES string of the molecule is CCCCC(=O)Nc1cncc(-c2cc3c(-c4nc5nccc(-c6cc(F)cc(CCS(C)(=O)=O)c6)c5[nH]4)n[nH]c3cc2F)c1. The molecule has 0 radical (unpaired) electrons. The number of aromatic nitrogens is 6. The topological polar surface area (TPSA) is 146 Å². The van der Waals surface area contributed by atoms with Gasteiger partial charge >= 0.3 is 0 Å². The molecule has 3 N–H and O–H groups in total. The van der Waals surface area contributed by atoms with Gasteiger partial charge in [-0.2, -0.15) is 5.10 Å². The summed E-state index contributed by atoms with van der Waals surface area (Å²) in [6.45, 7) is 2.01. The lowest BCUT2D eigenvalue weighted by Gasteiger charge is -2.08. The van der Waals surface area contributed by atoms with Gasteiger partial charge in [0.25, 0.3) is 0 Å². The van der Waals surface area contributed by atoms with Crippen molar-refractivity contribution in [3.63, 3.8) is 0 Å². The first-order valence-electron chi connectivity index (χ1n) is 14.3. The summed E-state index contributed by atoms with van der Waals surface area (Å²) in [4.78, 5) is 28.7. The van der Waals surface area contributed by atoms with E-state index in [1.54, 1.807) is 30.5 Å². The Bertz CT molecular complexity index is 2180. The van der Waals surface area contributed by atoms with E-state index in [0.29, 0.717) is 67.9 Å². The molecule has 1 amide bonds. The largest absolute Gasteiger partial charge is 0.335 e. The number of amides is 1. The Balaban J connectivity index is 1.37. The Morgan fingerprint density at radius 2 is 1.87 bits per heavy atom. The number of H-pyrrole nitrogens is 2. The number of hydrogen-bond donors (Lipinski definition) is 3. The minimum Gasteiger partial charge on any atom is -0.335 e. The van der Waals surface area contributed by atoms with Crippen LogP contribution in [0.1, 0.15) is 31.7 Å². The van der Waals surface area contributed by atoms with E-state index in [1.165, 1.54) is 30.6 Å². The highest BCUT2D eigenvalue weighted by Crippen LogP contribution is 2.34. The summed E-state index contributed by atoms with van der Waals surface area (Å²) in [5.74, 6) is -0.867. The number of aromatic amines is 2. The minimum absolute atomic E-state index is 0.0986. The predicted octanol–water partition coefficient (Wildman–Crippen LogP) is 6.22. The van der Waals surface area contributed by atoms with Gasteiger partial charge in [-0.1, -0.05) is 19.4 Å². The van der Waals surface area contributed by atoms with Crippen LogP contribution in [0.4, 0.5) is 14.5 Å². The second-order valence-corrected chi connectivity index (χ2v) is 13.2. The van der Waals surface area contributed by atoms with E-state index in [2.05, 4.69) is 35.5 Å². The lowest BCUT2D eigenvalue weighted by Crippen LogP contribution is -2.11. The molecule has 45 heavy (non-hydrogen) atoms. The fourth-order valence-electron chi connectivity index (χ4n) is 5.17. The van der Waals surface area contributed by atoms with Gasteiger partial charge in [-0.15, -0.1) is 0 Å². The van der Waals surface area contributed by atoms with Gasteiger partial charge in [-0.3, -0.25) is 14.9 Å². The third-order valence-electron chi connectivity index (χ3n) is 7.39. The van der Waals surface area contributed by atoms with Crippen molar-refractivity contribution in [2.45, 2.75) is 32.6 Å². The van der Waals surface area contributed by atoms with E-state index in [0.717, 1.165) is 19.1 Å². The van der Waals surface area contributed by atoms with Crippen molar-refractivity contribution in [3.8, 4) is 33.8 Å². The van der Waals surface area contributed by atoms with Gasteiger partial charge in [0.1, 0.15) is 27.2 Å². The van der Waals surface area contributed by atoms with Gasteiger partial charge in [-0.25, -0.2) is 27.2 Å². The number of sulfone groups is 1. The lowest BCUT2D eigenvalue weighted by atomic mass is 10.0. The maximum Gasteiger partial charge on any atom is 0.224 e. The summed E-state index contributed by atoms with van der Waals surface area (Å²) in [5.41, 5.74) is 4.65. The molecular formula is C32H29F2N7O3S. The number of anilines is 1. The van der Waals surface area contributed by atoms with Crippen molar-refractivity contribution in [1.82, 2.24) is 30.1 Å². The molecule has 13 heteroatoms. The summed E-state index contributed by atoms with van der Waals surface area (Å²) in [7, 11) is -3.22. The Morgan fingerprint density at radius 3 is 2.67 bits per heavy atom. The number of rotatable bonds is 10. The van der Waals surface area contributed by atoms with Gasteiger partial charge in [0, 0.05) is 53.2 Å². The first-order chi connectivity index (χ1) is 21.6. The summed E-state index contributed by atoms with van der Waals surface area (Å²) in [6.07, 6.45) is 7.95. The van der Waals surface area contributed by atoms with E-state index in [9.17, 15) is 17.6 Å². The van der Waals surface area contributed by atoms with Crippen molar-refractivity contribution >= 4 is 43.5 Å². The zero-order chi connectivity index (χ0) is 31.7. The normalized spacial score (nSPS) is 11.8. The lowest BCUT2D eigenvalue weighted by molar-refractivity contribution is -0.116. The van der Waals surface area contributed by atoms with Crippen LogP contribution in [0.15, 0.2) is 61.1 Å². The Kier molecular flexibility index (Phi) is 8.11. The monoisotopic (exact) mass is 629 g/mol. The number of nitrogens with one attached hydrogen (secondary N) is 3. The molecule has 0 atom stereocenters. The molecule has 230 valence electrons. The van der Waals surface area contributed by atoms with Crippen molar-refractivity contribution in [1.29, 1.82) is 0 Å². The number of aryl methyl sites for hydroxylation is 1. The molecule has 0 spiro atoms. The number of hydrogen-bond acceptors (Lipinski definition) is 7. The van der Waals surface area contributed by atoms with Crippen molar-refractivity contribution < 1.29 is 22.0 Å². The molecule has 6 rings (SSSR count). The van der Waals surface area contributed by atoms with Gasteiger partial charge in [0.15, 0.2) is 11.5 Å². The fourth-order valence-corrected chi connectivity index (χ4v) is 5.78. The molecule has 0 fully saturated rings. The van der Waals surface area contributed by atoms with Gasteiger partial charge in [-0.05, 0) is 54.3 Å². The molecule has 0 aliphatic heterocycles. The maximum absolute atomic E-state index is 15.3. The summed E-state index contributed by atoms with van der Waals surface area (Å²) < 4.78 is 53.3. The number of carbonyl (C=O) groups excluding carboxylic acids is 1. The van der Waals surface area contributed by atoms with E-state index in [1.807, 2.05) is 6.92 Å². The predicted molar refractivity (Wildman–Crippen MR) is 169 cm³/mol. The van der Waals surface area contributed by atoms with Crippen LogP contribution < -0.4 is 5.32 Å². The zero-order valence-corrected chi connectivity index (χ0v) is 25.3. The van der Waals surface area contributed by atoms with Gasteiger partial charge in [0.2, 0.25) is 5.91 Å². The van der Waals surface area contributed by atoms with Crippen LogP contribution in [0, 0.1) is 11.6 Å². The van der Waals surface area contributed by atoms with E-state index in [4.69, 9.17) is 0 Å². The summed E-state index contributed by atoms with van der Waals surface area (Å²) in [5, 5.41) is 10.6. The van der Waals surface area contributed by atoms with Crippen LogP contribution in [0.25, 0.3) is 55.8 Å². The molecule has 0 saturated heterocycles. The van der Waals surface area contributed by atoms with Crippen molar-refractivity contribution in [2.75, 3.05) is 17.3 Å². The van der Waals surface area contributed by atoms with Crippen LogP contribution >= 0.6 is 0 Å². The van der Waals surface area contributed by atoms with Crippen molar-refractivity contribution in [2.24, 2.45) is 0 Å². The molecule has 10 nitrogen and oxygen atoms in total. The number of unbranched alkanes of at least 4 members (excludes halogenated alkanes) is 1. The standard InChI is InChI=1S/C32H29F2N7O3S/c1-3-4-5-28(42)37-22-13-20(16-35-17-22)24-14-25-27(15-26(24)34)40-41-30(25)32-38-29-23(6-8-36-31(29)39-32)19-10-18(11-21(33)12-19)7-9-45(2,43)44/h6,8,10-17H,3-5,7,9H2,1-2H3,(H,37,42)(H,40,41)(H,36,38,39). The highest BCUT2D eigenvalue weighted by molar-refractivity contribution is 7.90. The number of imidazole rings is 1. The smallest absolute Gasteiger partial charge is 0.224 e. The Labute approximate surface area is 257 Å². The first kappa shape index (κ1) is 30.0. The highest BCUT2D eigenvalue weighted by atomic mass is 32.2. The summed E-state index contributed by atoms with van der Waals surface area (Å²) in [6, 6.07) is 10.8. The molecule has 0 unspecified atom stereocenters. The average Bonchev–Trinajstić information content (AvgIpc) is 3.61. The van der Waals surface area contributed by atoms with Crippen LogP contribution in [0.2, 0.25) is 0 Å². The molecular weight excluding hydrogens is 600 g/mol. The van der Waals surface area contributed by atoms with Gasteiger partial charge < -0.3 is 10.3 Å². The molecule has 0 saturated carbocycles. The summed E-state index contributed by atoms with van der Waals surface area (Å²) >= 11 is 0. The number of halogens is 2. The minimum atomic E-state index is -3.22. The fraction of sp³-hybridized carbons (Fsp3) is 0.219.